The maximum atomic E-state index is 13.7. The van der Waals surface area contributed by atoms with E-state index in [1.165, 1.54) is 17.6 Å². The van der Waals surface area contributed by atoms with Crippen molar-refractivity contribution in [3.05, 3.63) is 39.3 Å². The van der Waals surface area contributed by atoms with E-state index in [1.54, 1.807) is 16.9 Å². The van der Waals surface area contributed by atoms with Crippen LogP contribution in [0.15, 0.2) is 18.5 Å². The maximum absolute atomic E-state index is 13.7. The zero-order valence-corrected chi connectivity index (χ0v) is 20.1. The van der Waals surface area contributed by atoms with Crippen LogP contribution in [0, 0.1) is 6.92 Å². The third kappa shape index (κ3) is 4.50. The predicted molar refractivity (Wildman–Crippen MR) is 118 cm³/mol. The lowest BCUT2D eigenvalue weighted by Gasteiger charge is -2.49. The van der Waals surface area contributed by atoms with Gasteiger partial charge >= 0.3 is 0 Å². The Labute approximate surface area is 190 Å². The number of hydrogen-bond acceptors (Lipinski definition) is 7. The van der Waals surface area contributed by atoms with Gasteiger partial charge in [0.1, 0.15) is 15.4 Å². The van der Waals surface area contributed by atoms with E-state index in [0.29, 0.717) is 38.0 Å². The van der Waals surface area contributed by atoms with E-state index < -0.39 is 34.1 Å². The van der Waals surface area contributed by atoms with Gasteiger partial charge in [-0.25, -0.2) is 17.2 Å². The fraction of sp³-hybridized carbons (Fsp3) is 0.667. The fourth-order valence-corrected chi connectivity index (χ4v) is 6.47. The molecule has 0 bridgehead atoms. The summed E-state index contributed by atoms with van der Waals surface area (Å²) in [5, 5.41) is 14.9. The second kappa shape index (κ2) is 8.43. The summed E-state index contributed by atoms with van der Waals surface area (Å²) in [5.74, 6) is 0.0433. The molecule has 7 nitrogen and oxygen atoms in total. The Morgan fingerprint density at radius 1 is 1.44 bits per heavy atom. The Morgan fingerprint density at radius 3 is 2.84 bits per heavy atom. The molecular weight excluding hydrogens is 460 g/mol. The number of piperidine rings is 1. The zero-order valence-electron chi connectivity index (χ0n) is 18.4. The van der Waals surface area contributed by atoms with Crippen LogP contribution in [-0.2, 0) is 38.9 Å². The number of alkyl halides is 2. The summed E-state index contributed by atoms with van der Waals surface area (Å²) in [6.45, 7) is 5.23. The monoisotopic (exact) mass is 489 g/mol. The van der Waals surface area contributed by atoms with Crippen molar-refractivity contribution in [2.45, 2.75) is 63.4 Å². The number of likely N-dealkylation sites (tertiary alicyclic amines) is 1. The molecule has 1 saturated heterocycles. The first-order valence-electron chi connectivity index (χ1n) is 10.6. The summed E-state index contributed by atoms with van der Waals surface area (Å²) in [5.41, 5.74) is -1.61. The van der Waals surface area contributed by atoms with Gasteiger partial charge in [-0.05, 0) is 32.8 Å². The van der Waals surface area contributed by atoms with Gasteiger partial charge in [0.2, 0.25) is 0 Å². The molecule has 11 heteroatoms. The molecule has 1 unspecified atom stereocenters. The molecule has 0 aromatic carbocycles. The van der Waals surface area contributed by atoms with E-state index in [0.717, 1.165) is 15.3 Å². The van der Waals surface area contributed by atoms with Crippen molar-refractivity contribution in [3.8, 4) is 0 Å². The molecule has 178 valence electrons. The zero-order chi connectivity index (χ0) is 23.3. The van der Waals surface area contributed by atoms with Crippen molar-refractivity contribution < 1.29 is 27.0 Å². The van der Waals surface area contributed by atoms with Crippen molar-refractivity contribution >= 4 is 21.2 Å². The number of fused-ring (bicyclic) bond motifs is 2. The molecular formula is C21H29F2N3O4S2. The Hall–Kier alpha value is -1.40. The van der Waals surface area contributed by atoms with E-state index in [4.69, 9.17) is 4.74 Å². The van der Waals surface area contributed by atoms with Gasteiger partial charge < -0.3 is 9.84 Å². The molecule has 0 radical (unpaired) electrons. The number of nitrogens with zero attached hydrogens (tertiary/aromatic N) is 3. The Bertz CT molecular complexity index is 1090. The van der Waals surface area contributed by atoms with Gasteiger partial charge in [-0.15, -0.1) is 11.3 Å². The van der Waals surface area contributed by atoms with Gasteiger partial charge in [-0.2, -0.15) is 5.10 Å². The number of halogens is 2. The highest BCUT2D eigenvalue weighted by atomic mass is 32.2. The number of ether oxygens (including phenoxy) is 1. The molecule has 0 amide bonds. The van der Waals surface area contributed by atoms with Gasteiger partial charge in [0.15, 0.2) is 5.60 Å². The maximum Gasteiger partial charge on any atom is 0.273 e. The van der Waals surface area contributed by atoms with Gasteiger partial charge in [0.05, 0.1) is 25.1 Å². The van der Waals surface area contributed by atoms with E-state index in [1.807, 2.05) is 13.1 Å². The first-order chi connectivity index (χ1) is 14.9. The second-order valence-corrected chi connectivity index (χ2v) is 12.6. The van der Waals surface area contributed by atoms with Crippen LogP contribution >= 0.6 is 11.3 Å². The van der Waals surface area contributed by atoms with Crippen molar-refractivity contribution in [1.82, 2.24) is 14.7 Å². The SMILES string of the molecule is Cc1cc2c(s1)[C@]1(CCN(Cc3cnn(CCS(C)(=O)=O)c3)[C@@H](C)C1)OCC2(O)C(F)F. The van der Waals surface area contributed by atoms with Crippen molar-refractivity contribution in [3.63, 3.8) is 0 Å². The number of aromatic nitrogens is 2. The number of hydrogen-bond donors (Lipinski definition) is 1. The molecule has 2 aromatic heterocycles. The quantitative estimate of drug-likeness (QED) is 0.672. The lowest BCUT2D eigenvalue weighted by Crippen LogP contribution is -2.54. The highest BCUT2D eigenvalue weighted by molar-refractivity contribution is 7.90. The molecule has 4 heterocycles. The van der Waals surface area contributed by atoms with Crippen LogP contribution in [0.5, 0.6) is 0 Å². The average molecular weight is 490 g/mol. The molecule has 1 spiro atoms. The van der Waals surface area contributed by atoms with E-state index in [9.17, 15) is 22.3 Å². The predicted octanol–water partition coefficient (Wildman–Crippen LogP) is 2.66. The highest BCUT2D eigenvalue weighted by Gasteiger charge is 2.54. The largest absolute Gasteiger partial charge is 0.377 e. The summed E-state index contributed by atoms with van der Waals surface area (Å²) >= 11 is 1.43. The Kier molecular flexibility index (Phi) is 6.25. The minimum Gasteiger partial charge on any atom is -0.377 e. The number of sulfone groups is 1. The molecule has 32 heavy (non-hydrogen) atoms. The molecule has 3 atom stereocenters. The number of aryl methyl sites for hydroxylation is 2. The summed E-state index contributed by atoms with van der Waals surface area (Å²) in [6.07, 6.45) is 3.19. The topological polar surface area (TPSA) is 84.7 Å². The highest BCUT2D eigenvalue weighted by Crippen LogP contribution is 2.52. The summed E-state index contributed by atoms with van der Waals surface area (Å²) in [4.78, 5) is 3.90. The third-order valence-corrected chi connectivity index (χ3v) is 8.64. The van der Waals surface area contributed by atoms with Gasteiger partial charge in [-0.3, -0.25) is 9.58 Å². The van der Waals surface area contributed by atoms with Crippen LogP contribution < -0.4 is 0 Å². The van der Waals surface area contributed by atoms with Crippen LogP contribution in [0.2, 0.25) is 0 Å². The summed E-state index contributed by atoms with van der Waals surface area (Å²) in [6, 6.07) is 1.80. The molecule has 2 aliphatic heterocycles. The van der Waals surface area contributed by atoms with Gasteiger partial charge in [0.25, 0.3) is 6.43 Å². The molecule has 0 aliphatic carbocycles. The first kappa shape index (κ1) is 23.7. The molecule has 2 aliphatic rings. The van der Waals surface area contributed by atoms with Crippen LogP contribution in [0.3, 0.4) is 0 Å². The molecule has 1 N–H and O–H groups in total. The molecule has 2 aromatic rings. The van der Waals surface area contributed by atoms with Crippen LogP contribution in [0.25, 0.3) is 0 Å². The van der Waals surface area contributed by atoms with Crippen LogP contribution in [0.1, 0.15) is 40.6 Å². The van der Waals surface area contributed by atoms with Crippen molar-refractivity contribution in [2.24, 2.45) is 0 Å². The standard InChI is InChI=1S/C21H29F2N3O4S2/c1-14-9-20(18-17(8-15(2)31-18)21(27,13-30-20)19(22)23)4-5-25(14)11-16-10-24-26(12-16)6-7-32(3,28)29/h8,10,12,14,19,27H,4-7,9,11,13H2,1-3H3/t14-,20+,21?/m0/s1. The first-order valence-corrected chi connectivity index (χ1v) is 13.5. The lowest BCUT2D eigenvalue weighted by atomic mass is 9.78. The second-order valence-electron chi connectivity index (χ2n) is 9.12. The smallest absolute Gasteiger partial charge is 0.273 e. The van der Waals surface area contributed by atoms with Gasteiger partial charge in [0, 0.05) is 52.5 Å². The number of aliphatic hydroxyl groups is 1. The van der Waals surface area contributed by atoms with Crippen LogP contribution in [-0.4, -0.2) is 65.8 Å². The average Bonchev–Trinajstić information content (AvgIpc) is 3.32. The lowest BCUT2D eigenvalue weighted by molar-refractivity contribution is -0.210. The molecule has 0 saturated carbocycles. The summed E-state index contributed by atoms with van der Waals surface area (Å²) in [7, 11) is -3.05. The van der Waals surface area contributed by atoms with E-state index in [2.05, 4.69) is 16.9 Å². The van der Waals surface area contributed by atoms with E-state index in [-0.39, 0.29) is 11.8 Å². The van der Waals surface area contributed by atoms with Crippen LogP contribution in [0.4, 0.5) is 8.78 Å². The van der Waals surface area contributed by atoms with E-state index >= 15 is 0 Å². The number of rotatable bonds is 6. The van der Waals surface area contributed by atoms with Crippen molar-refractivity contribution in [2.75, 3.05) is 25.2 Å². The minimum atomic E-state index is -3.05. The summed E-state index contributed by atoms with van der Waals surface area (Å²) < 4.78 is 57.8. The molecule has 4 rings (SSSR count). The Morgan fingerprint density at radius 2 is 2.19 bits per heavy atom. The normalized spacial score (nSPS) is 29.0. The Balaban J connectivity index is 1.47. The number of thiophene rings is 1. The minimum absolute atomic E-state index is 0.0433. The fourth-order valence-electron chi connectivity index (χ4n) is 4.68. The third-order valence-electron chi connectivity index (χ3n) is 6.48. The van der Waals surface area contributed by atoms with Crippen molar-refractivity contribution in [1.29, 1.82) is 0 Å². The molecule has 1 fully saturated rings. The van der Waals surface area contributed by atoms with Gasteiger partial charge in [-0.1, -0.05) is 0 Å².